The second-order valence-electron chi connectivity index (χ2n) is 5.74. The number of fused-ring (bicyclic) bond motifs is 2. The highest BCUT2D eigenvalue weighted by atomic mass is 16.5. The van der Waals surface area contributed by atoms with Gasteiger partial charge in [-0.15, -0.1) is 0 Å². The van der Waals surface area contributed by atoms with E-state index in [1.165, 1.54) is 37.2 Å². The number of nitrogens with zero attached hydrogens (tertiary/aromatic N) is 1. The Morgan fingerprint density at radius 1 is 1.44 bits per heavy atom. The third-order valence-electron chi connectivity index (χ3n) is 4.54. The van der Waals surface area contributed by atoms with Crippen LogP contribution in [0.1, 0.15) is 43.1 Å². The molecule has 4 heteroatoms. The third-order valence-corrected chi connectivity index (χ3v) is 4.54. The molecule has 0 aliphatic heterocycles. The van der Waals surface area contributed by atoms with Crippen LogP contribution in [0.25, 0.3) is 0 Å². The van der Waals surface area contributed by atoms with E-state index in [1.807, 2.05) is 6.20 Å². The summed E-state index contributed by atoms with van der Waals surface area (Å²) < 4.78 is 5.01. The molecule has 0 saturated heterocycles. The Labute approximate surface area is 109 Å². The lowest BCUT2D eigenvalue weighted by molar-refractivity contribution is 0.199. The average Bonchev–Trinajstić information content (AvgIpc) is 3.09. The van der Waals surface area contributed by atoms with Crippen LogP contribution in [0.15, 0.2) is 6.20 Å². The van der Waals surface area contributed by atoms with Crippen molar-refractivity contribution < 1.29 is 4.74 Å². The molecule has 1 heterocycles. The fourth-order valence-electron chi connectivity index (χ4n) is 3.63. The number of imidazole rings is 1. The number of nitrogens with one attached hydrogen (secondary N) is 2. The van der Waals surface area contributed by atoms with Gasteiger partial charge in [-0.25, -0.2) is 4.98 Å². The molecule has 1 aromatic rings. The molecular weight excluding hydrogens is 226 g/mol. The lowest BCUT2D eigenvalue weighted by atomic mass is 9.88. The Hall–Kier alpha value is -0.870. The van der Waals surface area contributed by atoms with Crippen LogP contribution < -0.4 is 5.32 Å². The van der Waals surface area contributed by atoms with Crippen molar-refractivity contribution in [2.45, 2.75) is 38.1 Å². The predicted octanol–water partition coefficient (Wildman–Crippen LogP) is 2.05. The summed E-state index contributed by atoms with van der Waals surface area (Å²) >= 11 is 0. The third kappa shape index (κ3) is 2.45. The lowest BCUT2D eigenvalue weighted by Crippen LogP contribution is -2.18. The zero-order chi connectivity index (χ0) is 12.4. The second kappa shape index (κ2) is 5.41. The van der Waals surface area contributed by atoms with Gasteiger partial charge in [0.05, 0.1) is 6.61 Å². The molecular formula is C14H23N3O. The molecule has 0 spiro atoms. The summed E-state index contributed by atoms with van der Waals surface area (Å²) in [5, 5.41) is 3.34. The first-order valence-electron chi connectivity index (χ1n) is 7.10. The van der Waals surface area contributed by atoms with E-state index in [4.69, 9.17) is 4.74 Å². The van der Waals surface area contributed by atoms with E-state index in [9.17, 15) is 0 Å². The summed E-state index contributed by atoms with van der Waals surface area (Å²) in [5.41, 5.74) is 1.20. The van der Waals surface area contributed by atoms with E-state index < -0.39 is 0 Å². The van der Waals surface area contributed by atoms with E-state index in [0.29, 0.717) is 5.92 Å². The average molecular weight is 249 g/mol. The topological polar surface area (TPSA) is 49.9 Å². The van der Waals surface area contributed by atoms with Crippen LogP contribution in [0.2, 0.25) is 0 Å². The van der Waals surface area contributed by atoms with Crippen LogP contribution in [0.5, 0.6) is 0 Å². The van der Waals surface area contributed by atoms with Crippen LogP contribution in [-0.4, -0.2) is 30.2 Å². The molecule has 2 aliphatic carbocycles. The largest absolute Gasteiger partial charge is 0.383 e. The molecule has 3 unspecified atom stereocenters. The van der Waals surface area contributed by atoms with Crippen LogP contribution >= 0.6 is 0 Å². The minimum Gasteiger partial charge on any atom is -0.383 e. The molecule has 1 aromatic heterocycles. The highest BCUT2D eigenvalue weighted by molar-refractivity contribution is 5.11. The SMILES string of the molecule is COCCNCc1cnc(C2CC3CCC2C3)[nH]1. The van der Waals surface area contributed by atoms with E-state index in [2.05, 4.69) is 15.3 Å². The molecule has 4 nitrogen and oxygen atoms in total. The van der Waals surface area contributed by atoms with E-state index in [0.717, 1.165) is 31.5 Å². The smallest absolute Gasteiger partial charge is 0.109 e. The number of hydrogen-bond acceptors (Lipinski definition) is 3. The molecule has 2 bridgehead atoms. The van der Waals surface area contributed by atoms with E-state index >= 15 is 0 Å². The summed E-state index contributed by atoms with van der Waals surface area (Å²) in [4.78, 5) is 8.09. The zero-order valence-electron chi connectivity index (χ0n) is 11.1. The standard InChI is InChI=1S/C14H23N3O/c1-18-5-4-15-8-12-9-16-14(17-12)13-7-10-2-3-11(13)6-10/h9-11,13,15H,2-8H2,1H3,(H,16,17). The van der Waals surface area contributed by atoms with Crippen molar-refractivity contribution in [3.63, 3.8) is 0 Å². The van der Waals surface area contributed by atoms with Gasteiger partial charge in [0.1, 0.15) is 5.82 Å². The first kappa shape index (κ1) is 12.2. The quantitative estimate of drug-likeness (QED) is 0.759. The number of H-pyrrole nitrogens is 1. The Bertz CT molecular complexity index is 390. The van der Waals surface area contributed by atoms with Gasteiger partial charge in [0.15, 0.2) is 0 Å². The number of methoxy groups -OCH3 is 1. The highest BCUT2D eigenvalue weighted by Crippen LogP contribution is 2.52. The highest BCUT2D eigenvalue weighted by Gasteiger charge is 2.41. The van der Waals surface area contributed by atoms with E-state index in [1.54, 1.807) is 7.11 Å². The zero-order valence-corrected chi connectivity index (χ0v) is 11.1. The van der Waals surface area contributed by atoms with E-state index in [-0.39, 0.29) is 0 Å². The van der Waals surface area contributed by atoms with Crippen molar-refractivity contribution in [3.05, 3.63) is 17.7 Å². The molecule has 0 radical (unpaired) electrons. The van der Waals surface area contributed by atoms with Gasteiger partial charge in [-0.3, -0.25) is 0 Å². The van der Waals surface area contributed by atoms with Crippen LogP contribution in [0, 0.1) is 11.8 Å². The lowest BCUT2D eigenvalue weighted by Gasteiger charge is -2.19. The molecule has 18 heavy (non-hydrogen) atoms. The first-order valence-corrected chi connectivity index (χ1v) is 7.10. The van der Waals surface area contributed by atoms with Gasteiger partial charge in [-0.2, -0.15) is 0 Å². The summed E-state index contributed by atoms with van der Waals surface area (Å²) in [6.07, 6.45) is 7.65. The minimum atomic E-state index is 0.705. The fraction of sp³-hybridized carbons (Fsp3) is 0.786. The number of aromatic nitrogens is 2. The number of hydrogen-bond donors (Lipinski definition) is 2. The van der Waals surface area contributed by atoms with Crippen molar-refractivity contribution in [1.82, 2.24) is 15.3 Å². The second-order valence-corrected chi connectivity index (χ2v) is 5.74. The van der Waals surface area contributed by atoms with Crippen molar-refractivity contribution in [3.8, 4) is 0 Å². The normalized spacial score (nSPS) is 30.2. The summed E-state index contributed by atoms with van der Waals surface area (Å²) in [6, 6.07) is 0. The molecule has 0 amide bonds. The van der Waals surface area contributed by atoms with Crippen molar-refractivity contribution >= 4 is 0 Å². The van der Waals surface area contributed by atoms with Crippen LogP contribution in [-0.2, 0) is 11.3 Å². The molecule has 100 valence electrons. The van der Waals surface area contributed by atoms with Crippen LogP contribution in [0.4, 0.5) is 0 Å². The predicted molar refractivity (Wildman–Crippen MR) is 70.4 cm³/mol. The fourth-order valence-corrected chi connectivity index (χ4v) is 3.63. The Kier molecular flexibility index (Phi) is 3.66. The molecule has 2 N–H and O–H groups in total. The maximum atomic E-state index is 5.01. The molecule has 2 saturated carbocycles. The molecule has 2 aliphatic rings. The van der Waals surface area contributed by atoms with Gasteiger partial charge in [0.2, 0.25) is 0 Å². The van der Waals surface area contributed by atoms with Gasteiger partial charge in [0, 0.05) is 38.0 Å². The molecule has 0 aromatic carbocycles. The number of aromatic amines is 1. The monoisotopic (exact) mass is 249 g/mol. The first-order chi connectivity index (χ1) is 8.86. The Balaban J connectivity index is 1.53. The summed E-state index contributed by atoms with van der Waals surface area (Å²) in [7, 11) is 1.73. The van der Waals surface area contributed by atoms with Crippen molar-refractivity contribution in [2.24, 2.45) is 11.8 Å². The Morgan fingerprint density at radius 2 is 2.39 bits per heavy atom. The van der Waals surface area contributed by atoms with Crippen molar-refractivity contribution in [2.75, 3.05) is 20.3 Å². The minimum absolute atomic E-state index is 0.705. The number of rotatable bonds is 6. The maximum Gasteiger partial charge on any atom is 0.109 e. The molecule has 3 rings (SSSR count). The maximum absolute atomic E-state index is 5.01. The van der Waals surface area contributed by atoms with Gasteiger partial charge < -0.3 is 15.0 Å². The summed E-state index contributed by atoms with van der Waals surface area (Å²) in [6.45, 7) is 2.50. The van der Waals surface area contributed by atoms with Gasteiger partial charge in [0.25, 0.3) is 0 Å². The van der Waals surface area contributed by atoms with Crippen molar-refractivity contribution in [1.29, 1.82) is 0 Å². The number of ether oxygens (including phenoxy) is 1. The Morgan fingerprint density at radius 3 is 3.11 bits per heavy atom. The summed E-state index contributed by atoms with van der Waals surface area (Å²) in [5.74, 6) is 3.81. The molecule has 3 atom stereocenters. The van der Waals surface area contributed by atoms with Gasteiger partial charge >= 0.3 is 0 Å². The van der Waals surface area contributed by atoms with Gasteiger partial charge in [-0.1, -0.05) is 6.42 Å². The van der Waals surface area contributed by atoms with Crippen LogP contribution in [0.3, 0.4) is 0 Å². The van der Waals surface area contributed by atoms with Gasteiger partial charge in [-0.05, 0) is 31.1 Å². The molecule has 2 fully saturated rings.